The highest BCUT2D eigenvalue weighted by atomic mass is 19.1. The van der Waals surface area contributed by atoms with E-state index < -0.39 is 0 Å². The monoisotopic (exact) mass is 339 g/mol. The van der Waals surface area contributed by atoms with E-state index in [1.165, 1.54) is 25.1 Å². The fraction of sp³-hybridized carbons (Fsp3) is 0.350. The van der Waals surface area contributed by atoms with Gasteiger partial charge in [0.1, 0.15) is 12.4 Å². The maximum absolute atomic E-state index is 13.3. The highest BCUT2D eigenvalue weighted by Gasteiger charge is 2.23. The zero-order valence-electron chi connectivity index (χ0n) is 14.0. The van der Waals surface area contributed by atoms with Crippen molar-refractivity contribution >= 4 is 10.9 Å². The first kappa shape index (κ1) is 16.1. The molecule has 2 aliphatic heterocycles. The van der Waals surface area contributed by atoms with Crippen LogP contribution in [0.1, 0.15) is 18.4 Å². The molecule has 0 spiro atoms. The van der Waals surface area contributed by atoms with Crippen molar-refractivity contribution in [1.82, 2.24) is 15.6 Å². The van der Waals surface area contributed by atoms with Gasteiger partial charge in [0.25, 0.3) is 0 Å². The molecule has 1 fully saturated rings. The number of aromatic nitrogens is 1. The number of piperidine rings is 1. The van der Waals surface area contributed by atoms with Gasteiger partial charge in [0.2, 0.25) is 0 Å². The Bertz CT molecular complexity index is 812. The van der Waals surface area contributed by atoms with Gasteiger partial charge in [-0.1, -0.05) is 30.4 Å². The number of halogens is 1. The normalized spacial score (nSPS) is 21.0. The summed E-state index contributed by atoms with van der Waals surface area (Å²) in [5.74, 6) is 1.09. The number of rotatable bonds is 4. The lowest BCUT2D eigenvalue weighted by atomic mass is 9.89. The molecule has 1 unspecified atom stereocenters. The minimum Gasteiger partial charge on any atom is -0.474 e. The van der Waals surface area contributed by atoms with Crippen LogP contribution in [-0.2, 0) is 11.3 Å². The molecule has 1 saturated heterocycles. The van der Waals surface area contributed by atoms with Crippen molar-refractivity contribution in [2.24, 2.45) is 5.92 Å². The van der Waals surface area contributed by atoms with Crippen LogP contribution >= 0.6 is 0 Å². The summed E-state index contributed by atoms with van der Waals surface area (Å²) in [5, 5.41) is 7.69. The molecule has 4 nitrogen and oxygen atoms in total. The van der Waals surface area contributed by atoms with Crippen LogP contribution in [0.2, 0.25) is 0 Å². The van der Waals surface area contributed by atoms with Crippen molar-refractivity contribution in [2.75, 3.05) is 13.1 Å². The van der Waals surface area contributed by atoms with E-state index in [2.05, 4.69) is 27.8 Å². The second-order valence-electron chi connectivity index (χ2n) is 6.60. The first-order chi connectivity index (χ1) is 12.3. The van der Waals surface area contributed by atoms with Crippen LogP contribution in [0.15, 0.2) is 54.6 Å². The number of fused-ring (bicyclic) bond motifs is 1. The van der Waals surface area contributed by atoms with Gasteiger partial charge in [-0.2, -0.15) is 0 Å². The molecular formula is C20H22FN3O. The van der Waals surface area contributed by atoms with E-state index in [1.54, 1.807) is 0 Å². The van der Waals surface area contributed by atoms with Crippen LogP contribution in [0.25, 0.3) is 10.9 Å². The summed E-state index contributed by atoms with van der Waals surface area (Å²) in [5.41, 5.74) is 1.74. The topological polar surface area (TPSA) is 46.2 Å². The number of dihydropyridines is 1. The van der Waals surface area contributed by atoms with Crippen molar-refractivity contribution in [3.63, 3.8) is 0 Å². The lowest BCUT2D eigenvalue weighted by molar-refractivity contribution is 0.162. The van der Waals surface area contributed by atoms with Gasteiger partial charge in [0.15, 0.2) is 5.88 Å². The molecular weight excluding hydrogens is 317 g/mol. The molecule has 4 rings (SSSR count). The van der Waals surface area contributed by atoms with Crippen LogP contribution in [0.3, 0.4) is 0 Å². The molecule has 130 valence electrons. The Morgan fingerprint density at radius 3 is 3.00 bits per heavy atom. The first-order valence-corrected chi connectivity index (χ1v) is 8.81. The molecule has 1 atom stereocenters. The Kier molecular flexibility index (Phi) is 4.65. The predicted molar refractivity (Wildman–Crippen MR) is 96.2 cm³/mol. The molecule has 2 aromatic rings. The minimum atomic E-state index is -0.322. The van der Waals surface area contributed by atoms with Gasteiger partial charge < -0.3 is 15.4 Å². The third-order valence-electron chi connectivity index (χ3n) is 4.91. The summed E-state index contributed by atoms with van der Waals surface area (Å²) < 4.78 is 19.3. The number of para-hydroxylation sites is 1. The maximum Gasteiger partial charge on any atom is 0.187 e. The number of allylic oxidation sites excluding steroid dienone is 2. The van der Waals surface area contributed by atoms with E-state index in [0.717, 1.165) is 35.4 Å². The molecule has 2 N–H and O–H groups in total. The second kappa shape index (κ2) is 7.23. The third kappa shape index (κ3) is 3.66. The van der Waals surface area contributed by atoms with Gasteiger partial charge in [-0.3, -0.25) is 4.98 Å². The molecule has 1 aromatic carbocycles. The summed E-state index contributed by atoms with van der Waals surface area (Å²) in [6.07, 6.45) is 9.83. The number of benzene rings is 1. The van der Waals surface area contributed by atoms with Crippen LogP contribution in [0.4, 0.5) is 4.39 Å². The fourth-order valence-electron chi connectivity index (χ4n) is 3.56. The summed E-state index contributed by atoms with van der Waals surface area (Å²) in [6.45, 7) is 2.56. The highest BCUT2D eigenvalue weighted by Crippen LogP contribution is 2.22. The first-order valence-electron chi connectivity index (χ1n) is 8.81. The summed E-state index contributed by atoms with van der Waals surface area (Å²) in [6, 6.07) is 7.56. The SMILES string of the molecule is Fc1cnc2c(COC3=CC=CC(C4CCNCC4)N3)cccc2c1. The quantitative estimate of drug-likeness (QED) is 0.898. The standard InChI is InChI=1S/C20H22FN3O/c21-17-11-15-3-1-4-16(20(15)23-12-17)13-25-19-6-2-5-18(24-19)14-7-9-22-10-8-14/h1-6,11-12,14,18,22,24H,7-10,13H2. The van der Waals surface area contributed by atoms with Crippen LogP contribution in [0.5, 0.6) is 0 Å². The van der Waals surface area contributed by atoms with Crippen LogP contribution in [-0.4, -0.2) is 24.1 Å². The zero-order chi connectivity index (χ0) is 17.1. The fourth-order valence-corrected chi connectivity index (χ4v) is 3.56. The number of pyridine rings is 1. The lowest BCUT2D eigenvalue weighted by Crippen LogP contribution is -2.41. The number of hydrogen-bond donors (Lipinski definition) is 2. The van der Waals surface area contributed by atoms with Gasteiger partial charge >= 0.3 is 0 Å². The summed E-state index contributed by atoms with van der Waals surface area (Å²) >= 11 is 0. The molecule has 0 saturated carbocycles. The Hall–Kier alpha value is -2.40. The van der Waals surface area contributed by atoms with E-state index in [4.69, 9.17) is 4.74 Å². The van der Waals surface area contributed by atoms with E-state index >= 15 is 0 Å². The largest absolute Gasteiger partial charge is 0.474 e. The van der Waals surface area contributed by atoms with Crippen molar-refractivity contribution in [3.8, 4) is 0 Å². The molecule has 1 aromatic heterocycles. The molecule has 0 aliphatic carbocycles. The molecule has 0 radical (unpaired) electrons. The number of ether oxygens (including phenoxy) is 1. The predicted octanol–water partition coefficient (Wildman–Crippen LogP) is 3.26. The van der Waals surface area contributed by atoms with Gasteiger partial charge in [-0.25, -0.2) is 4.39 Å². The van der Waals surface area contributed by atoms with Gasteiger partial charge in [-0.05, 0) is 44.0 Å². The van der Waals surface area contributed by atoms with Crippen molar-refractivity contribution in [1.29, 1.82) is 0 Å². The average molecular weight is 339 g/mol. The summed E-state index contributed by atoms with van der Waals surface area (Å²) in [4.78, 5) is 4.22. The Labute approximate surface area is 146 Å². The third-order valence-corrected chi connectivity index (χ3v) is 4.91. The maximum atomic E-state index is 13.3. The van der Waals surface area contributed by atoms with Crippen molar-refractivity contribution in [3.05, 3.63) is 66.0 Å². The molecule has 0 amide bonds. The Morgan fingerprint density at radius 1 is 1.24 bits per heavy atom. The highest BCUT2D eigenvalue weighted by molar-refractivity contribution is 5.81. The van der Waals surface area contributed by atoms with E-state index in [-0.39, 0.29) is 5.82 Å². The zero-order valence-corrected chi connectivity index (χ0v) is 14.0. The van der Waals surface area contributed by atoms with E-state index in [9.17, 15) is 4.39 Å². The Morgan fingerprint density at radius 2 is 2.12 bits per heavy atom. The smallest absolute Gasteiger partial charge is 0.187 e. The second-order valence-corrected chi connectivity index (χ2v) is 6.60. The van der Waals surface area contributed by atoms with Gasteiger partial charge in [-0.15, -0.1) is 0 Å². The molecule has 3 heterocycles. The average Bonchev–Trinajstić information content (AvgIpc) is 2.67. The summed E-state index contributed by atoms with van der Waals surface area (Å²) in [7, 11) is 0. The lowest BCUT2D eigenvalue weighted by Gasteiger charge is -2.32. The van der Waals surface area contributed by atoms with Crippen LogP contribution < -0.4 is 10.6 Å². The Balaban J connectivity index is 1.43. The van der Waals surface area contributed by atoms with Gasteiger partial charge in [0.05, 0.1) is 17.8 Å². The number of nitrogens with one attached hydrogen (secondary N) is 2. The van der Waals surface area contributed by atoms with Gasteiger partial charge in [0, 0.05) is 10.9 Å². The number of hydrogen-bond acceptors (Lipinski definition) is 4. The van der Waals surface area contributed by atoms with Crippen molar-refractivity contribution in [2.45, 2.75) is 25.5 Å². The minimum absolute atomic E-state index is 0.321. The molecule has 5 heteroatoms. The molecule has 25 heavy (non-hydrogen) atoms. The van der Waals surface area contributed by atoms with Crippen molar-refractivity contribution < 1.29 is 9.13 Å². The van der Waals surface area contributed by atoms with E-state index in [0.29, 0.717) is 18.6 Å². The van der Waals surface area contributed by atoms with E-state index in [1.807, 2.05) is 24.3 Å². The number of nitrogens with zero attached hydrogens (tertiary/aromatic N) is 1. The molecule has 2 aliphatic rings. The molecule has 0 bridgehead atoms. The van der Waals surface area contributed by atoms with Crippen LogP contribution in [0, 0.1) is 11.7 Å².